The van der Waals surface area contributed by atoms with Crippen LogP contribution < -0.4 is 5.43 Å². The lowest BCUT2D eigenvalue weighted by Gasteiger charge is -2.11. The molecule has 0 fully saturated rings. The summed E-state index contributed by atoms with van der Waals surface area (Å²) in [5, 5.41) is 24.9. The van der Waals surface area contributed by atoms with Crippen LogP contribution in [0.1, 0.15) is 30.9 Å². The standard InChI is InChI=1S/C16H18F3N3O5/c1-4-5-6-27-16(24)9(7-21-20-3)15(23)10-11(17)8(2)12(18)13(19)14(10)22(25)26/h7,20,23H,4-6H2,1-3H3. The molecule has 8 nitrogen and oxygen atoms in total. The Kier molecular flexibility index (Phi) is 7.76. The maximum atomic E-state index is 14.4. The first kappa shape index (κ1) is 21.9. The maximum Gasteiger partial charge on any atom is 0.343 e. The number of nitro groups is 1. The molecule has 27 heavy (non-hydrogen) atoms. The van der Waals surface area contributed by atoms with E-state index in [1.165, 1.54) is 7.05 Å². The summed E-state index contributed by atoms with van der Waals surface area (Å²) in [5.74, 6) is -7.80. The minimum atomic E-state index is -1.97. The van der Waals surface area contributed by atoms with E-state index in [4.69, 9.17) is 4.74 Å². The number of rotatable bonds is 8. The molecule has 0 saturated heterocycles. The van der Waals surface area contributed by atoms with E-state index in [9.17, 15) is 33.2 Å². The van der Waals surface area contributed by atoms with Crippen molar-refractivity contribution < 1.29 is 32.7 Å². The van der Waals surface area contributed by atoms with E-state index in [1.807, 2.05) is 6.92 Å². The molecule has 0 saturated carbocycles. The smallest absolute Gasteiger partial charge is 0.343 e. The van der Waals surface area contributed by atoms with Crippen LogP contribution in [0.2, 0.25) is 0 Å². The fourth-order valence-electron chi connectivity index (χ4n) is 2.01. The van der Waals surface area contributed by atoms with Crippen molar-refractivity contribution in [3.05, 3.63) is 44.3 Å². The van der Waals surface area contributed by atoms with Crippen LogP contribution in [0.5, 0.6) is 0 Å². The average molecular weight is 389 g/mol. The Labute approximate surface area is 152 Å². The van der Waals surface area contributed by atoms with Gasteiger partial charge >= 0.3 is 11.7 Å². The van der Waals surface area contributed by atoms with Crippen LogP contribution in [-0.2, 0) is 9.53 Å². The predicted octanol–water partition coefficient (Wildman–Crippen LogP) is 3.14. The predicted molar refractivity (Wildman–Crippen MR) is 90.7 cm³/mol. The van der Waals surface area contributed by atoms with Crippen molar-refractivity contribution in [1.29, 1.82) is 0 Å². The molecular formula is C16H18F3N3O5. The number of hydrogen-bond acceptors (Lipinski definition) is 7. The van der Waals surface area contributed by atoms with E-state index in [0.29, 0.717) is 12.8 Å². The Hall–Kier alpha value is -3.11. The molecule has 1 aromatic rings. The minimum Gasteiger partial charge on any atom is -0.506 e. The molecule has 148 valence electrons. The number of hydrogen-bond donors (Lipinski definition) is 2. The Balaban J connectivity index is 3.72. The van der Waals surface area contributed by atoms with Gasteiger partial charge in [-0.3, -0.25) is 10.1 Å². The van der Waals surface area contributed by atoms with Gasteiger partial charge in [0.15, 0.2) is 5.82 Å². The summed E-state index contributed by atoms with van der Waals surface area (Å²) in [6.07, 6.45) is 1.90. The summed E-state index contributed by atoms with van der Waals surface area (Å²) in [4.78, 5) is 21.9. The molecule has 0 atom stereocenters. The fraction of sp³-hybridized carbons (Fsp3) is 0.375. The lowest BCUT2D eigenvalue weighted by molar-refractivity contribution is -0.388. The van der Waals surface area contributed by atoms with Gasteiger partial charge in [-0.05, 0) is 13.3 Å². The van der Waals surface area contributed by atoms with Gasteiger partial charge < -0.3 is 15.3 Å². The van der Waals surface area contributed by atoms with Gasteiger partial charge in [0.25, 0.3) is 0 Å². The van der Waals surface area contributed by atoms with E-state index in [2.05, 4.69) is 10.5 Å². The number of unbranched alkanes of at least 4 members (excludes halogenated alkanes) is 1. The molecule has 0 unspecified atom stereocenters. The highest BCUT2D eigenvalue weighted by molar-refractivity contribution is 6.15. The largest absolute Gasteiger partial charge is 0.506 e. The van der Waals surface area contributed by atoms with Crippen LogP contribution in [0, 0.1) is 34.5 Å². The summed E-state index contributed by atoms with van der Waals surface area (Å²) in [6.45, 7) is 2.61. The number of nitro benzene ring substituents is 1. The van der Waals surface area contributed by atoms with Crippen LogP contribution in [-0.4, -0.2) is 35.9 Å². The third-order valence-electron chi connectivity index (χ3n) is 3.46. The quantitative estimate of drug-likeness (QED) is 0.103. The van der Waals surface area contributed by atoms with Crippen LogP contribution in [0.25, 0.3) is 5.76 Å². The van der Waals surface area contributed by atoms with E-state index in [-0.39, 0.29) is 6.61 Å². The SMILES string of the molecule is CCCCOC(=O)C(C=NNC)=C(O)c1c(F)c(C)c(F)c(F)c1[N+](=O)[O-]. The van der Waals surface area contributed by atoms with Crippen LogP contribution in [0.15, 0.2) is 10.7 Å². The molecule has 0 spiro atoms. The first-order valence-electron chi connectivity index (χ1n) is 7.80. The van der Waals surface area contributed by atoms with Gasteiger partial charge in [0.1, 0.15) is 22.7 Å². The van der Waals surface area contributed by atoms with Crippen molar-refractivity contribution in [1.82, 2.24) is 5.43 Å². The number of halogens is 3. The molecule has 2 N–H and O–H groups in total. The lowest BCUT2D eigenvalue weighted by atomic mass is 10.0. The highest BCUT2D eigenvalue weighted by Crippen LogP contribution is 2.35. The third kappa shape index (κ3) is 4.74. The van der Waals surface area contributed by atoms with E-state index in [0.717, 1.165) is 13.1 Å². The fourth-order valence-corrected chi connectivity index (χ4v) is 2.01. The second-order valence-corrected chi connectivity index (χ2v) is 5.28. The molecule has 0 bridgehead atoms. The summed E-state index contributed by atoms with van der Waals surface area (Å²) in [6, 6.07) is 0. The summed E-state index contributed by atoms with van der Waals surface area (Å²) >= 11 is 0. The Morgan fingerprint density at radius 3 is 2.48 bits per heavy atom. The molecule has 0 aliphatic heterocycles. The van der Waals surface area contributed by atoms with Crippen molar-refractivity contribution in [2.24, 2.45) is 5.10 Å². The topological polar surface area (TPSA) is 114 Å². The molecule has 0 aliphatic rings. The highest BCUT2D eigenvalue weighted by atomic mass is 19.2. The Morgan fingerprint density at radius 1 is 1.33 bits per heavy atom. The number of esters is 1. The molecule has 0 heterocycles. The van der Waals surface area contributed by atoms with Crippen LogP contribution >= 0.6 is 0 Å². The highest BCUT2D eigenvalue weighted by Gasteiger charge is 2.35. The number of carbonyl (C=O) groups is 1. The zero-order valence-electron chi connectivity index (χ0n) is 14.8. The van der Waals surface area contributed by atoms with E-state index in [1.54, 1.807) is 0 Å². The molecule has 0 aromatic heterocycles. The zero-order chi connectivity index (χ0) is 20.7. The normalized spacial score (nSPS) is 12.1. The van der Waals surface area contributed by atoms with Gasteiger partial charge in [-0.1, -0.05) is 13.3 Å². The maximum absolute atomic E-state index is 14.4. The first-order valence-corrected chi connectivity index (χ1v) is 7.80. The Bertz CT molecular complexity index is 809. The summed E-state index contributed by atoms with van der Waals surface area (Å²) in [5.41, 5.74) is -2.33. The number of aliphatic hydroxyl groups excluding tert-OH is 1. The van der Waals surface area contributed by atoms with Gasteiger partial charge in [-0.25, -0.2) is 13.6 Å². The van der Waals surface area contributed by atoms with Gasteiger partial charge in [-0.2, -0.15) is 9.49 Å². The number of benzene rings is 1. The van der Waals surface area contributed by atoms with E-state index < -0.39 is 56.5 Å². The first-order chi connectivity index (χ1) is 12.7. The summed E-state index contributed by atoms with van der Waals surface area (Å²) < 4.78 is 47.0. The van der Waals surface area contributed by atoms with Gasteiger partial charge in [-0.15, -0.1) is 0 Å². The van der Waals surface area contributed by atoms with Crippen molar-refractivity contribution in [3.8, 4) is 0 Å². The molecule has 1 rings (SSSR count). The number of ether oxygens (including phenoxy) is 1. The lowest BCUT2D eigenvalue weighted by Crippen LogP contribution is -2.15. The Morgan fingerprint density at radius 2 is 1.96 bits per heavy atom. The molecule has 0 amide bonds. The zero-order valence-corrected chi connectivity index (χ0v) is 14.8. The third-order valence-corrected chi connectivity index (χ3v) is 3.46. The van der Waals surface area contributed by atoms with E-state index >= 15 is 0 Å². The van der Waals surface area contributed by atoms with Crippen molar-refractivity contribution in [2.75, 3.05) is 13.7 Å². The number of aliphatic hydroxyl groups is 1. The van der Waals surface area contributed by atoms with Crippen molar-refractivity contribution >= 4 is 23.6 Å². The minimum absolute atomic E-state index is 0.0408. The monoisotopic (exact) mass is 389 g/mol. The molecule has 0 aliphatic carbocycles. The molecule has 1 aromatic carbocycles. The average Bonchev–Trinajstić information content (AvgIpc) is 2.62. The van der Waals surface area contributed by atoms with Crippen LogP contribution in [0.3, 0.4) is 0 Å². The number of nitrogens with one attached hydrogen (secondary N) is 1. The number of carbonyl (C=O) groups excluding carboxylic acids is 1. The van der Waals surface area contributed by atoms with Gasteiger partial charge in [0.05, 0.1) is 17.7 Å². The second-order valence-electron chi connectivity index (χ2n) is 5.28. The number of hydrazone groups is 1. The van der Waals surface area contributed by atoms with Crippen molar-refractivity contribution in [3.63, 3.8) is 0 Å². The molecule has 11 heteroatoms. The van der Waals surface area contributed by atoms with Crippen molar-refractivity contribution in [2.45, 2.75) is 26.7 Å². The van der Waals surface area contributed by atoms with Gasteiger partial charge in [0.2, 0.25) is 5.82 Å². The molecule has 0 radical (unpaired) electrons. The second kappa shape index (κ2) is 9.55. The molecular weight excluding hydrogens is 371 g/mol. The van der Waals surface area contributed by atoms with Crippen LogP contribution in [0.4, 0.5) is 18.9 Å². The van der Waals surface area contributed by atoms with Gasteiger partial charge in [0, 0.05) is 12.6 Å². The summed E-state index contributed by atoms with van der Waals surface area (Å²) in [7, 11) is 1.35. The number of nitrogens with zero attached hydrogens (tertiary/aromatic N) is 2.